The molecule has 0 unspecified atom stereocenters. The van der Waals surface area contributed by atoms with E-state index in [0.717, 1.165) is 16.5 Å². The molecule has 0 aliphatic heterocycles. The molecular formula is C24H23FN6O2. The number of benzene rings is 2. The third kappa shape index (κ3) is 5.01. The van der Waals surface area contributed by atoms with Gasteiger partial charge in [0.15, 0.2) is 5.82 Å². The molecule has 2 aromatic heterocycles. The van der Waals surface area contributed by atoms with Gasteiger partial charge in [0.1, 0.15) is 17.2 Å². The molecule has 3 N–H and O–H groups in total. The van der Waals surface area contributed by atoms with Gasteiger partial charge in [-0.3, -0.25) is 5.10 Å². The number of hydrogen-bond acceptors (Lipinski definition) is 5. The van der Waals surface area contributed by atoms with Crippen LogP contribution in [0.2, 0.25) is 0 Å². The molecule has 33 heavy (non-hydrogen) atoms. The van der Waals surface area contributed by atoms with Crippen LogP contribution in [0.1, 0.15) is 43.8 Å². The quantitative estimate of drug-likeness (QED) is 0.408. The van der Waals surface area contributed by atoms with Gasteiger partial charge in [-0.05, 0) is 62.7 Å². The molecule has 4 rings (SSSR count). The van der Waals surface area contributed by atoms with E-state index in [4.69, 9.17) is 4.74 Å². The standard InChI is InChI=1S/C24H23FN6O2/c1-24(2,3)33-23(32)28-19(11-16-13-27-18-6-4-5-15(12-26)20(16)18)22-29-21(30-31-22)14-7-9-17(25)10-8-14/h4-10,13,19,27H,11H2,1-3H3,(H,28,32)(H,29,30,31)/t19-/m1/s1. The molecule has 2 aromatic carbocycles. The average Bonchev–Trinajstić information content (AvgIpc) is 3.40. The number of halogens is 1. The fourth-order valence-corrected chi connectivity index (χ4v) is 3.55. The Hall–Kier alpha value is -4.19. The number of rotatable bonds is 5. The SMILES string of the molecule is CC(C)(C)OC(=O)N[C@H](Cc1c[nH]c2cccc(C#N)c12)c1nc(-c2ccc(F)cc2)n[nH]1. The lowest BCUT2D eigenvalue weighted by Crippen LogP contribution is -2.36. The first-order valence-corrected chi connectivity index (χ1v) is 10.4. The van der Waals surface area contributed by atoms with E-state index in [1.165, 1.54) is 12.1 Å². The number of H-pyrrole nitrogens is 2. The van der Waals surface area contributed by atoms with E-state index in [-0.39, 0.29) is 5.82 Å². The molecule has 0 aliphatic rings. The van der Waals surface area contributed by atoms with Crippen LogP contribution in [-0.2, 0) is 11.2 Å². The first kappa shape index (κ1) is 22.0. The van der Waals surface area contributed by atoms with E-state index < -0.39 is 17.7 Å². The summed E-state index contributed by atoms with van der Waals surface area (Å²) in [6, 6.07) is 12.9. The minimum Gasteiger partial charge on any atom is -0.444 e. The molecule has 4 aromatic rings. The third-order valence-electron chi connectivity index (χ3n) is 4.96. The summed E-state index contributed by atoms with van der Waals surface area (Å²) >= 11 is 0. The minimum atomic E-state index is -0.677. The Morgan fingerprint density at radius 3 is 2.70 bits per heavy atom. The fraction of sp³-hybridized carbons (Fsp3) is 0.250. The highest BCUT2D eigenvalue weighted by Gasteiger charge is 2.25. The van der Waals surface area contributed by atoms with Crippen molar-refractivity contribution in [3.8, 4) is 17.5 Å². The molecular weight excluding hydrogens is 423 g/mol. The smallest absolute Gasteiger partial charge is 0.408 e. The molecule has 0 fully saturated rings. The largest absolute Gasteiger partial charge is 0.444 e. The van der Waals surface area contributed by atoms with Crippen LogP contribution in [0.4, 0.5) is 9.18 Å². The van der Waals surface area contributed by atoms with Crippen LogP contribution in [0.3, 0.4) is 0 Å². The molecule has 168 valence electrons. The van der Waals surface area contributed by atoms with E-state index in [1.54, 1.807) is 39.0 Å². The first-order chi connectivity index (χ1) is 15.7. The van der Waals surface area contributed by atoms with Crippen LogP contribution in [0.25, 0.3) is 22.3 Å². The van der Waals surface area contributed by atoms with Crippen molar-refractivity contribution in [2.24, 2.45) is 0 Å². The Morgan fingerprint density at radius 2 is 2.00 bits per heavy atom. The lowest BCUT2D eigenvalue weighted by atomic mass is 10.0. The van der Waals surface area contributed by atoms with E-state index in [9.17, 15) is 14.4 Å². The molecule has 1 amide bonds. The number of ether oxygens (including phenoxy) is 1. The molecule has 0 saturated carbocycles. The topological polar surface area (TPSA) is 119 Å². The summed E-state index contributed by atoms with van der Waals surface area (Å²) in [6.07, 6.45) is 1.54. The van der Waals surface area contributed by atoms with Gasteiger partial charge in [0.25, 0.3) is 0 Å². The maximum atomic E-state index is 13.3. The predicted molar refractivity (Wildman–Crippen MR) is 121 cm³/mol. The normalized spacial score (nSPS) is 12.3. The maximum Gasteiger partial charge on any atom is 0.408 e. The number of hydrogen-bond donors (Lipinski definition) is 3. The number of alkyl carbamates (subject to hydrolysis) is 1. The second-order valence-corrected chi connectivity index (χ2v) is 8.61. The summed E-state index contributed by atoms with van der Waals surface area (Å²) in [6.45, 7) is 5.34. The Kier molecular flexibility index (Phi) is 5.84. The van der Waals surface area contributed by atoms with Gasteiger partial charge in [-0.25, -0.2) is 14.2 Å². The molecule has 1 atom stereocenters. The van der Waals surface area contributed by atoms with Gasteiger partial charge in [0.2, 0.25) is 0 Å². The molecule has 2 heterocycles. The minimum absolute atomic E-state index is 0.329. The molecule has 9 heteroatoms. The molecule has 8 nitrogen and oxygen atoms in total. The number of amides is 1. The van der Waals surface area contributed by atoms with Crippen LogP contribution in [0.5, 0.6) is 0 Å². The Labute approximate surface area is 189 Å². The van der Waals surface area contributed by atoms with Crippen molar-refractivity contribution < 1.29 is 13.9 Å². The monoisotopic (exact) mass is 446 g/mol. The summed E-state index contributed by atoms with van der Waals surface area (Å²) in [5.41, 5.74) is 2.15. The lowest BCUT2D eigenvalue weighted by Gasteiger charge is -2.22. The second-order valence-electron chi connectivity index (χ2n) is 8.61. The molecule has 0 aliphatic carbocycles. The highest BCUT2D eigenvalue weighted by atomic mass is 19.1. The summed E-state index contributed by atoms with van der Waals surface area (Å²) in [5, 5.41) is 20.3. The van der Waals surface area contributed by atoms with Crippen molar-refractivity contribution in [1.29, 1.82) is 5.26 Å². The summed E-state index contributed by atoms with van der Waals surface area (Å²) in [4.78, 5) is 20.3. The van der Waals surface area contributed by atoms with E-state index in [2.05, 4.69) is 31.6 Å². The van der Waals surface area contributed by atoms with Crippen LogP contribution in [0, 0.1) is 17.1 Å². The van der Waals surface area contributed by atoms with Crippen molar-refractivity contribution in [1.82, 2.24) is 25.5 Å². The van der Waals surface area contributed by atoms with E-state index in [1.807, 2.05) is 18.3 Å². The van der Waals surface area contributed by atoms with Crippen molar-refractivity contribution in [3.05, 3.63) is 71.4 Å². The zero-order valence-electron chi connectivity index (χ0n) is 18.4. The number of fused-ring (bicyclic) bond motifs is 1. The van der Waals surface area contributed by atoms with E-state index in [0.29, 0.717) is 29.2 Å². The van der Waals surface area contributed by atoms with Crippen LogP contribution >= 0.6 is 0 Å². The number of nitriles is 1. The van der Waals surface area contributed by atoms with Crippen molar-refractivity contribution in [3.63, 3.8) is 0 Å². The van der Waals surface area contributed by atoms with Crippen molar-refractivity contribution in [2.45, 2.75) is 38.8 Å². The van der Waals surface area contributed by atoms with Crippen molar-refractivity contribution >= 4 is 17.0 Å². The molecule has 0 radical (unpaired) electrons. The fourth-order valence-electron chi connectivity index (χ4n) is 3.55. The van der Waals surface area contributed by atoms with Gasteiger partial charge < -0.3 is 15.0 Å². The number of nitrogens with one attached hydrogen (secondary N) is 3. The number of carbonyl (C=O) groups excluding carboxylic acids is 1. The summed E-state index contributed by atoms with van der Waals surface area (Å²) < 4.78 is 18.7. The van der Waals surface area contributed by atoms with Gasteiger partial charge in [-0.15, -0.1) is 0 Å². The van der Waals surface area contributed by atoms with E-state index >= 15 is 0 Å². The Bertz CT molecular complexity index is 1330. The zero-order valence-corrected chi connectivity index (χ0v) is 18.4. The van der Waals surface area contributed by atoms with Gasteiger partial charge in [-0.1, -0.05) is 6.07 Å². The highest BCUT2D eigenvalue weighted by Crippen LogP contribution is 2.27. The molecule has 0 bridgehead atoms. The molecule has 0 spiro atoms. The van der Waals surface area contributed by atoms with Crippen molar-refractivity contribution in [2.75, 3.05) is 0 Å². The Morgan fingerprint density at radius 1 is 1.24 bits per heavy atom. The van der Waals surface area contributed by atoms with Gasteiger partial charge in [-0.2, -0.15) is 10.4 Å². The Balaban J connectivity index is 1.68. The van der Waals surface area contributed by atoms with Gasteiger partial charge in [0.05, 0.1) is 17.7 Å². The first-order valence-electron chi connectivity index (χ1n) is 10.4. The predicted octanol–water partition coefficient (Wildman–Crippen LogP) is 4.77. The number of nitrogens with zero attached hydrogens (tertiary/aromatic N) is 3. The molecule has 0 saturated heterocycles. The summed E-state index contributed by atoms with van der Waals surface area (Å²) in [7, 11) is 0. The van der Waals surface area contributed by atoms with Gasteiger partial charge in [0, 0.05) is 29.1 Å². The lowest BCUT2D eigenvalue weighted by molar-refractivity contribution is 0.0501. The second kappa shape index (κ2) is 8.74. The van der Waals surface area contributed by atoms with Crippen LogP contribution in [0.15, 0.2) is 48.7 Å². The summed E-state index contributed by atoms with van der Waals surface area (Å²) in [5.74, 6) is 0.424. The number of aromatic amines is 2. The maximum absolute atomic E-state index is 13.3. The zero-order chi connectivity index (χ0) is 23.6. The third-order valence-corrected chi connectivity index (χ3v) is 4.96. The van der Waals surface area contributed by atoms with Crippen LogP contribution in [-0.4, -0.2) is 31.9 Å². The number of carbonyl (C=O) groups is 1. The number of aromatic nitrogens is 4. The van der Waals surface area contributed by atoms with Crippen LogP contribution < -0.4 is 5.32 Å². The van der Waals surface area contributed by atoms with Gasteiger partial charge >= 0.3 is 6.09 Å². The highest BCUT2D eigenvalue weighted by molar-refractivity contribution is 5.89. The average molecular weight is 446 g/mol.